The number of anilines is 1. The van der Waals surface area contributed by atoms with Gasteiger partial charge < -0.3 is 10.6 Å². The van der Waals surface area contributed by atoms with Gasteiger partial charge in [0.2, 0.25) is 11.9 Å². The number of carbonyl (C=O) groups excluding carboxylic acids is 2. The normalized spacial score (nSPS) is 19.9. The lowest BCUT2D eigenvalue weighted by Crippen LogP contribution is -2.40. The number of carbonyl (C=O) groups is 2. The highest BCUT2D eigenvalue weighted by Crippen LogP contribution is 2.36. The van der Waals surface area contributed by atoms with Crippen molar-refractivity contribution in [2.24, 2.45) is 17.1 Å². The Morgan fingerprint density at radius 1 is 1.26 bits per heavy atom. The van der Waals surface area contributed by atoms with Crippen molar-refractivity contribution in [1.29, 1.82) is 0 Å². The van der Waals surface area contributed by atoms with Crippen molar-refractivity contribution in [3.63, 3.8) is 0 Å². The first kappa shape index (κ1) is 17.6. The number of H-pyrrole nitrogens is 1. The second kappa shape index (κ2) is 6.14. The maximum Gasteiger partial charge on any atom is 0.262 e. The number of amides is 1. The van der Waals surface area contributed by atoms with Gasteiger partial charge in [-0.25, -0.2) is 4.98 Å². The lowest BCUT2D eigenvalue weighted by molar-refractivity contribution is -0.122. The highest BCUT2D eigenvalue weighted by Gasteiger charge is 2.33. The number of Topliss-reactive ketones (excluding diaryl/α,β-unsaturated/α-hetero) is 1. The van der Waals surface area contributed by atoms with Crippen molar-refractivity contribution >= 4 is 28.7 Å². The molecule has 0 radical (unpaired) electrons. The Labute approximate surface area is 156 Å². The molecule has 1 aliphatic carbocycles. The number of rotatable bonds is 2. The molecule has 8 heteroatoms. The molecule has 0 bridgehead atoms. The fourth-order valence-electron chi connectivity index (χ4n) is 4.17. The Balaban J connectivity index is 1.74. The van der Waals surface area contributed by atoms with Gasteiger partial charge in [0.15, 0.2) is 11.4 Å². The molecule has 1 amide bonds. The van der Waals surface area contributed by atoms with Crippen LogP contribution in [0, 0.1) is 11.3 Å². The minimum absolute atomic E-state index is 0.0210. The number of nitrogens with zero attached hydrogens (tertiary/aromatic N) is 3. The molecule has 0 unspecified atom stereocenters. The summed E-state index contributed by atoms with van der Waals surface area (Å²) in [7, 11) is 0. The number of nitrogens with one attached hydrogen (secondary N) is 1. The van der Waals surface area contributed by atoms with Crippen LogP contribution in [0.25, 0.3) is 11.0 Å². The average Bonchev–Trinajstić information content (AvgIpc) is 2.60. The van der Waals surface area contributed by atoms with Crippen LogP contribution >= 0.6 is 0 Å². The minimum atomic E-state index is -0.282. The van der Waals surface area contributed by atoms with E-state index in [-0.39, 0.29) is 28.6 Å². The second-order valence-electron chi connectivity index (χ2n) is 8.34. The van der Waals surface area contributed by atoms with E-state index in [0.29, 0.717) is 61.3 Å². The minimum Gasteiger partial charge on any atom is -0.369 e. The third-order valence-corrected chi connectivity index (χ3v) is 5.62. The molecule has 8 nitrogen and oxygen atoms in total. The number of ketones is 1. The predicted octanol–water partition coefficient (Wildman–Crippen LogP) is 1.17. The smallest absolute Gasteiger partial charge is 0.262 e. The molecule has 4 rings (SSSR count). The van der Waals surface area contributed by atoms with Crippen LogP contribution in [0.15, 0.2) is 11.0 Å². The highest BCUT2D eigenvalue weighted by atomic mass is 16.1. The van der Waals surface area contributed by atoms with Crippen molar-refractivity contribution in [3.8, 4) is 0 Å². The van der Waals surface area contributed by atoms with Crippen LogP contribution in [0.5, 0.6) is 0 Å². The van der Waals surface area contributed by atoms with Crippen molar-refractivity contribution in [2.75, 3.05) is 18.0 Å². The van der Waals surface area contributed by atoms with E-state index in [2.05, 4.69) is 15.0 Å². The van der Waals surface area contributed by atoms with Gasteiger partial charge in [0, 0.05) is 37.2 Å². The summed E-state index contributed by atoms with van der Waals surface area (Å²) in [6.07, 6.45) is 3.91. The number of hydrogen-bond acceptors (Lipinski definition) is 6. The van der Waals surface area contributed by atoms with E-state index in [1.807, 2.05) is 18.7 Å². The van der Waals surface area contributed by atoms with E-state index in [1.165, 1.54) is 0 Å². The molecule has 2 aliphatic rings. The summed E-state index contributed by atoms with van der Waals surface area (Å²) in [6.45, 7) is 5.25. The number of nitrogens with two attached hydrogens (primary N) is 1. The van der Waals surface area contributed by atoms with E-state index < -0.39 is 0 Å². The van der Waals surface area contributed by atoms with Crippen LogP contribution in [0.4, 0.5) is 5.95 Å². The van der Waals surface area contributed by atoms with Gasteiger partial charge in [-0.15, -0.1) is 0 Å². The number of hydrogen-bond donors (Lipinski definition) is 2. The molecule has 142 valence electrons. The van der Waals surface area contributed by atoms with E-state index in [4.69, 9.17) is 5.73 Å². The Hall–Kier alpha value is -2.77. The van der Waals surface area contributed by atoms with Gasteiger partial charge in [0.05, 0.1) is 5.39 Å². The zero-order valence-electron chi connectivity index (χ0n) is 15.5. The zero-order valence-corrected chi connectivity index (χ0v) is 15.5. The molecular formula is C19H23N5O3. The van der Waals surface area contributed by atoms with Gasteiger partial charge in [-0.1, -0.05) is 13.8 Å². The van der Waals surface area contributed by atoms with Crippen molar-refractivity contribution < 1.29 is 9.59 Å². The van der Waals surface area contributed by atoms with E-state index in [1.54, 1.807) is 6.20 Å². The summed E-state index contributed by atoms with van der Waals surface area (Å²) < 4.78 is 0. The molecular weight excluding hydrogens is 346 g/mol. The Kier molecular flexibility index (Phi) is 4.01. The van der Waals surface area contributed by atoms with Crippen molar-refractivity contribution in [3.05, 3.63) is 27.7 Å². The van der Waals surface area contributed by atoms with Gasteiger partial charge in [0.25, 0.3) is 5.56 Å². The Morgan fingerprint density at radius 3 is 2.63 bits per heavy atom. The number of pyridine rings is 1. The molecule has 2 aromatic rings. The van der Waals surface area contributed by atoms with Crippen LogP contribution in [0.1, 0.15) is 49.0 Å². The van der Waals surface area contributed by atoms with Gasteiger partial charge >= 0.3 is 0 Å². The van der Waals surface area contributed by atoms with Gasteiger partial charge in [-0.2, -0.15) is 4.98 Å². The summed E-state index contributed by atoms with van der Waals surface area (Å²) in [4.78, 5) is 50.3. The summed E-state index contributed by atoms with van der Waals surface area (Å²) in [5.41, 5.74) is 6.54. The van der Waals surface area contributed by atoms with Gasteiger partial charge in [-0.3, -0.25) is 19.4 Å². The lowest BCUT2D eigenvalue weighted by Gasteiger charge is -2.32. The molecule has 1 fully saturated rings. The fraction of sp³-hybridized carbons (Fsp3) is 0.526. The van der Waals surface area contributed by atoms with Crippen molar-refractivity contribution in [1.82, 2.24) is 15.0 Å². The molecule has 3 heterocycles. The van der Waals surface area contributed by atoms with Crippen LogP contribution in [-0.4, -0.2) is 39.7 Å². The number of primary amides is 1. The summed E-state index contributed by atoms with van der Waals surface area (Å²) >= 11 is 0. The number of aromatic nitrogens is 3. The van der Waals surface area contributed by atoms with Crippen LogP contribution in [0.3, 0.4) is 0 Å². The highest BCUT2D eigenvalue weighted by molar-refractivity contribution is 6.02. The van der Waals surface area contributed by atoms with Crippen LogP contribution in [-0.2, 0) is 11.2 Å². The van der Waals surface area contributed by atoms with Crippen molar-refractivity contribution in [2.45, 2.75) is 39.5 Å². The topological polar surface area (TPSA) is 122 Å². The molecule has 0 atom stereocenters. The SMILES string of the molecule is CC1(C)CC(=O)c2cnc3nc(N4CCC(C(N)=O)CC4)[nH]c(=O)c3c2C1. The molecule has 2 aromatic heterocycles. The predicted molar refractivity (Wildman–Crippen MR) is 101 cm³/mol. The monoisotopic (exact) mass is 369 g/mol. The second-order valence-corrected chi connectivity index (χ2v) is 8.34. The fourth-order valence-corrected chi connectivity index (χ4v) is 4.17. The first-order valence-corrected chi connectivity index (χ1v) is 9.24. The number of fused-ring (bicyclic) bond motifs is 3. The maximum absolute atomic E-state index is 12.9. The van der Waals surface area contributed by atoms with Gasteiger partial charge in [-0.05, 0) is 30.2 Å². The van der Waals surface area contributed by atoms with E-state index >= 15 is 0 Å². The summed E-state index contributed by atoms with van der Waals surface area (Å²) in [5.74, 6) is 0.0546. The molecule has 1 saturated heterocycles. The molecule has 0 aromatic carbocycles. The standard InChI is InChI=1S/C19H23N5O3/c1-19(2)7-11-12(13(25)8-19)9-21-16-14(11)17(27)23-18(22-16)24-5-3-10(4-6-24)15(20)26/h9-10H,3-8H2,1-2H3,(H2,20,26)(H,21,22,23,27). The van der Waals surface area contributed by atoms with Crippen LogP contribution in [0.2, 0.25) is 0 Å². The number of aromatic amines is 1. The third-order valence-electron chi connectivity index (χ3n) is 5.62. The number of piperidine rings is 1. The first-order chi connectivity index (χ1) is 12.7. The Bertz CT molecular complexity index is 1000. The van der Waals surface area contributed by atoms with Gasteiger partial charge in [0.1, 0.15) is 0 Å². The Morgan fingerprint density at radius 2 is 1.96 bits per heavy atom. The molecule has 0 saturated carbocycles. The van der Waals surface area contributed by atoms with Crippen LogP contribution < -0.4 is 16.2 Å². The average molecular weight is 369 g/mol. The lowest BCUT2D eigenvalue weighted by atomic mass is 9.73. The quantitative estimate of drug-likeness (QED) is 0.819. The van der Waals surface area contributed by atoms with E-state index in [9.17, 15) is 14.4 Å². The maximum atomic E-state index is 12.9. The largest absolute Gasteiger partial charge is 0.369 e. The molecule has 27 heavy (non-hydrogen) atoms. The first-order valence-electron chi connectivity index (χ1n) is 9.24. The summed E-state index contributed by atoms with van der Waals surface area (Å²) in [5, 5.41) is 0.407. The molecule has 0 spiro atoms. The molecule has 3 N–H and O–H groups in total. The third kappa shape index (κ3) is 3.09. The zero-order chi connectivity index (χ0) is 19.3. The summed E-state index contributed by atoms with van der Waals surface area (Å²) in [6, 6.07) is 0. The van der Waals surface area contributed by atoms with E-state index in [0.717, 1.165) is 5.56 Å². The molecule has 1 aliphatic heterocycles.